The maximum atomic E-state index is 12.9. The molecular formula is C20H26N6O4. The number of unbranched alkanes of at least 4 members (excludes halogenated alkanes) is 5. The third-order valence-electron chi connectivity index (χ3n) is 5.06. The van der Waals surface area contributed by atoms with Gasteiger partial charge in [0.05, 0.1) is 17.1 Å². The molecule has 0 saturated carbocycles. The van der Waals surface area contributed by atoms with Crippen molar-refractivity contribution in [2.24, 2.45) is 0 Å². The normalized spacial score (nSPS) is 15.5. The number of tetrazole rings is 1. The van der Waals surface area contributed by atoms with E-state index < -0.39 is 16.9 Å². The maximum Gasteiger partial charge on any atom is 0.338 e. The Morgan fingerprint density at radius 1 is 1.27 bits per heavy atom. The molecule has 2 heterocycles. The van der Waals surface area contributed by atoms with E-state index in [9.17, 15) is 14.9 Å². The summed E-state index contributed by atoms with van der Waals surface area (Å²) < 4.78 is 6.96. The average molecular weight is 414 g/mol. The molecule has 0 saturated heterocycles. The fraction of sp³-hybridized carbons (Fsp3) is 0.500. The Morgan fingerprint density at radius 2 is 2.03 bits per heavy atom. The van der Waals surface area contributed by atoms with Crippen LogP contribution in [0.3, 0.4) is 0 Å². The largest absolute Gasteiger partial charge is 0.462 e. The van der Waals surface area contributed by atoms with Crippen LogP contribution in [-0.4, -0.2) is 37.7 Å². The van der Waals surface area contributed by atoms with E-state index in [0.717, 1.165) is 19.3 Å². The molecule has 0 amide bonds. The van der Waals surface area contributed by atoms with Gasteiger partial charge in [-0.3, -0.25) is 10.1 Å². The van der Waals surface area contributed by atoms with Crippen LogP contribution in [0.5, 0.6) is 0 Å². The first kappa shape index (κ1) is 21.4. The first-order valence-electron chi connectivity index (χ1n) is 10.2. The van der Waals surface area contributed by atoms with Crippen molar-refractivity contribution in [2.45, 2.75) is 58.4 Å². The molecule has 0 spiro atoms. The minimum absolute atomic E-state index is 0.0712. The maximum absolute atomic E-state index is 12.9. The van der Waals surface area contributed by atoms with Crippen molar-refractivity contribution in [3.63, 3.8) is 0 Å². The molecule has 1 atom stereocenters. The molecule has 0 fully saturated rings. The number of allylic oxidation sites excluding steroid dienone is 1. The molecule has 3 rings (SSSR count). The third-order valence-corrected chi connectivity index (χ3v) is 5.06. The number of nitrogens with one attached hydrogen (secondary N) is 1. The SMILES string of the molecule is CCCCCCCCOC(=O)C1=C(C)Nc2nnnn2[C@@H]1c1cccc([N+](=O)[O-])c1. The molecule has 160 valence electrons. The van der Waals surface area contributed by atoms with Crippen LogP contribution in [0.1, 0.15) is 64.0 Å². The van der Waals surface area contributed by atoms with Gasteiger partial charge in [-0.2, -0.15) is 4.68 Å². The predicted octanol–water partition coefficient (Wildman–Crippen LogP) is 3.77. The van der Waals surface area contributed by atoms with Crippen molar-refractivity contribution in [1.29, 1.82) is 0 Å². The Morgan fingerprint density at radius 3 is 2.80 bits per heavy atom. The lowest BCUT2D eigenvalue weighted by atomic mass is 9.95. The molecular weight excluding hydrogens is 388 g/mol. The molecule has 10 heteroatoms. The van der Waals surface area contributed by atoms with Gasteiger partial charge in [-0.15, -0.1) is 0 Å². The first-order chi connectivity index (χ1) is 14.5. The van der Waals surface area contributed by atoms with Gasteiger partial charge < -0.3 is 10.1 Å². The number of anilines is 1. The molecule has 1 aliphatic rings. The monoisotopic (exact) mass is 414 g/mol. The van der Waals surface area contributed by atoms with E-state index in [1.165, 1.54) is 36.1 Å². The van der Waals surface area contributed by atoms with E-state index in [1.54, 1.807) is 19.1 Å². The molecule has 10 nitrogen and oxygen atoms in total. The number of nitro groups is 1. The van der Waals surface area contributed by atoms with Crippen LogP contribution >= 0.6 is 0 Å². The summed E-state index contributed by atoms with van der Waals surface area (Å²) in [6.07, 6.45) is 6.53. The number of hydrogen-bond donors (Lipinski definition) is 1. The molecule has 2 aromatic rings. The number of hydrogen-bond acceptors (Lipinski definition) is 8. The van der Waals surface area contributed by atoms with Crippen LogP contribution in [0.15, 0.2) is 35.5 Å². The first-order valence-corrected chi connectivity index (χ1v) is 10.2. The van der Waals surface area contributed by atoms with Gasteiger partial charge in [-0.05, 0) is 29.3 Å². The van der Waals surface area contributed by atoms with Crippen molar-refractivity contribution in [1.82, 2.24) is 20.2 Å². The molecule has 0 aliphatic carbocycles. The zero-order valence-corrected chi connectivity index (χ0v) is 17.2. The lowest BCUT2D eigenvalue weighted by Crippen LogP contribution is -2.30. The fourth-order valence-corrected chi connectivity index (χ4v) is 3.52. The van der Waals surface area contributed by atoms with Gasteiger partial charge in [0, 0.05) is 17.8 Å². The number of esters is 1. The molecule has 0 radical (unpaired) electrons. The van der Waals surface area contributed by atoms with E-state index in [4.69, 9.17) is 4.74 Å². The Labute approximate surface area is 174 Å². The Kier molecular flexibility index (Phi) is 7.10. The number of ether oxygens (including phenoxy) is 1. The quantitative estimate of drug-likeness (QED) is 0.269. The highest BCUT2D eigenvalue weighted by Crippen LogP contribution is 2.35. The summed E-state index contributed by atoms with van der Waals surface area (Å²) in [5.74, 6) is -0.123. The Hall–Kier alpha value is -3.30. The fourth-order valence-electron chi connectivity index (χ4n) is 3.52. The zero-order valence-electron chi connectivity index (χ0n) is 17.2. The highest BCUT2D eigenvalue weighted by molar-refractivity contribution is 5.92. The van der Waals surface area contributed by atoms with Gasteiger partial charge in [-0.1, -0.05) is 56.3 Å². The standard InChI is InChI=1S/C20H26N6O4/c1-3-4-5-6-7-8-12-30-19(27)17-14(2)21-20-22-23-24-25(20)18(17)15-10-9-11-16(13-15)26(28)29/h9-11,13,18H,3-8,12H2,1-2H3,(H,21,22,24)/t18-/m1/s1. The van der Waals surface area contributed by atoms with Gasteiger partial charge in [-0.25, -0.2) is 4.79 Å². The van der Waals surface area contributed by atoms with Crippen LogP contribution in [0.4, 0.5) is 11.6 Å². The highest BCUT2D eigenvalue weighted by atomic mass is 16.6. The lowest BCUT2D eigenvalue weighted by molar-refractivity contribution is -0.384. The van der Waals surface area contributed by atoms with Crippen molar-refractivity contribution < 1.29 is 14.5 Å². The number of nitrogens with zero attached hydrogens (tertiary/aromatic N) is 5. The summed E-state index contributed by atoms with van der Waals surface area (Å²) in [7, 11) is 0. The smallest absolute Gasteiger partial charge is 0.338 e. The summed E-state index contributed by atoms with van der Waals surface area (Å²) in [5.41, 5.74) is 1.35. The van der Waals surface area contributed by atoms with Gasteiger partial charge in [0.25, 0.3) is 5.69 Å². The van der Waals surface area contributed by atoms with Crippen molar-refractivity contribution >= 4 is 17.6 Å². The lowest BCUT2D eigenvalue weighted by Gasteiger charge is -2.27. The van der Waals surface area contributed by atoms with Gasteiger partial charge >= 0.3 is 5.97 Å². The Bertz CT molecular complexity index is 939. The van der Waals surface area contributed by atoms with E-state index in [-0.39, 0.29) is 5.69 Å². The number of benzene rings is 1. The minimum atomic E-state index is -0.715. The summed E-state index contributed by atoms with van der Waals surface area (Å²) >= 11 is 0. The second-order valence-corrected chi connectivity index (χ2v) is 7.27. The second kappa shape index (κ2) is 9.95. The number of nitro benzene ring substituents is 1. The zero-order chi connectivity index (χ0) is 21.5. The Balaban J connectivity index is 1.78. The van der Waals surface area contributed by atoms with Crippen LogP contribution in [0.25, 0.3) is 0 Å². The number of aromatic nitrogens is 4. The predicted molar refractivity (Wildman–Crippen MR) is 110 cm³/mol. The summed E-state index contributed by atoms with van der Waals surface area (Å²) in [5, 5.41) is 25.8. The van der Waals surface area contributed by atoms with Crippen molar-refractivity contribution in [2.75, 3.05) is 11.9 Å². The molecule has 1 aromatic carbocycles. The molecule has 1 aromatic heterocycles. The minimum Gasteiger partial charge on any atom is -0.462 e. The van der Waals surface area contributed by atoms with Crippen LogP contribution in [0, 0.1) is 10.1 Å². The summed E-state index contributed by atoms with van der Waals surface area (Å²) in [4.78, 5) is 23.7. The van der Waals surface area contributed by atoms with E-state index in [1.807, 2.05) is 0 Å². The van der Waals surface area contributed by atoms with E-state index in [2.05, 4.69) is 27.8 Å². The van der Waals surface area contributed by atoms with Gasteiger partial charge in [0.2, 0.25) is 5.95 Å². The number of fused-ring (bicyclic) bond motifs is 1. The molecule has 0 unspecified atom stereocenters. The van der Waals surface area contributed by atoms with E-state index in [0.29, 0.717) is 29.4 Å². The third kappa shape index (κ3) is 4.81. The molecule has 30 heavy (non-hydrogen) atoms. The van der Waals surface area contributed by atoms with Crippen molar-refractivity contribution in [3.05, 3.63) is 51.2 Å². The molecule has 1 aliphatic heterocycles. The number of non-ortho nitro benzene ring substituents is 1. The molecule has 1 N–H and O–H groups in total. The van der Waals surface area contributed by atoms with E-state index >= 15 is 0 Å². The average Bonchev–Trinajstić information content (AvgIpc) is 3.20. The van der Waals surface area contributed by atoms with Gasteiger partial charge in [0.1, 0.15) is 6.04 Å². The topological polar surface area (TPSA) is 125 Å². The highest BCUT2D eigenvalue weighted by Gasteiger charge is 2.35. The number of carbonyl (C=O) groups is 1. The summed E-state index contributed by atoms with van der Waals surface area (Å²) in [6, 6.07) is 5.40. The van der Waals surface area contributed by atoms with Crippen LogP contribution in [0.2, 0.25) is 0 Å². The van der Waals surface area contributed by atoms with Crippen molar-refractivity contribution in [3.8, 4) is 0 Å². The second-order valence-electron chi connectivity index (χ2n) is 7.27. The van der Waals surface area contributed by atoms with Gasteiger partial charge in [0.15, 0.2) is 0 Å². The molecule has 0 bridgehead atoms. The number of carbonyl (C=O) groups excluding carboxylic acids is 1. The summed E-state index contributed by atoms with van der Waals surface area (Å²) in [6.45, 7) is 4.24. The van der Waals surface area contributed by atoms with Crippen LogP contribution < -0.4 is 5.32 Å². The number of rotatable bonds is 10. The van der Waals surface area contributed by atoms with Crippen LogP contribution in [-0.2, 0) is 9.53 Å².